The van der Waals surface area contributed by atoms with Gasteiger partial charge in [0.2, 0.25) is 5.91 Å². The van der Waals surface area contributed by atoms with Crippen LogP contribution in [0.1, 0.15) is 66.8 Å². The molecule has 0 aromatic heterocycles. The van der Waals surface area contributed by atoms with E-state index in [2.05, 4.69) is 6.07 Å². The number of piperidine rings is 1. The van der Waals surface area contributed by atoms with Gasteiger partial charge in [-0.15, -0.1) is 0 Å². The van der Waals surface area contributed by atoms with Crippen LogP contribution in [0.15, 0.2) is 72.8 Å². The molecule has 3 aromatic carbocycles. The van der Waals surface area contributed by atoms with Crippen molar-refractivity contribution < 1.29 is 23.5 Å². The van der Waals surface area contributed by atoms with E-state index in [0.29, 0.717) is 21.2 Å². The standard InChI is InChI=1S/C33H33Cl2N3O5S/c1-33(17-30(39)40)16-28(23-7-4-8-27(35)15-23)31(22-11-13-26(34)14-12-22)38(32(33)41)29(21-9-10-21)20-37(44(42)43)19-25-6-3-2-5-24(25)18-36/h2-8,11-15,21,28-29,31H,9-10,16-17,19-20H2,1H3,(H,39,40)(H,42,43)/p-1. The Balaban J connectivity index is 1.64. The van der Waals surface area contributed by atoms with Crippen molar-refractivity contribution in [2.45, 2.75) is 57.2 Å². The second-order valence-electron chi connectivity index (χ2n) is 11.9. The van der Waals surface area contributed by atoms with Crippen molar-refractivity contribution in [3.63, 3.8) is 0 Å². The molecular weight excluding hydrogens is 621 g/mol. The lowest BCUT2D eigenvalue weighted by atomic mass is 9.67. The largest absolute Gasteiger partial charge is 0.760 e. The third-order valence-electron chi connectivity index (χ3n) is 8.74. The van der Waals surface area contributed by atoms with E-state index in [9.17, 15) is 28.7 Å². The van der Waals surface area contributed by atoms with Crippen LogP contribution >= 0.6 is 23.2 Å². The summed E-state index contributed by atoms with van der Waals surface area (Å²) in [6, 6.07) is 22.4. The van der Waals surface area contributed by atoms with Crippen LogP contribution in [-0.4, -0.2) is 47.5 Å². The van der Waals surface area contributed by atoms with E-state index in [1.807, 2.05) is 30.3 Å². The number of nitrogens with zero attached hydrogens (tertiary/aromatic N) is 3. The molecule has 0 spiro atoms. The maximum absolute atomic E-state index is 14.7. The van der Waals surface area contributed by atoms with E-state index in [1.165, 1.54) is 4.31 Å². The molecule has 1 aliphatic carbocycles. The summed E-state index contributed by atoms with van der Waals surface area (Å²) in [5.74, 6) is -1.75. The van der Waals surface area contributed by atoms with Gasteiger partial charge in [-0.3, -0.25) is 13.8 Å². The van der Waals surface area contributed by atoms with Crippen LogP contribution in [0.3, 0.4) is 0 Å². The molecule has 0 bridgehead atoms. The van der Waals surface area contributed by atoms with Crippen LogP contribution in [0.5, 0.6) is 0 Å². The zero-order chi connectivity index (χ0) is 31.6. The molecule has 1 saturated heterocycles. The van der Waals surface area contributed by atoms with Gasteiger partial charge in [0, 0.05) is 46.4 Å². The summed E-state index contributed by atoms with van der Waals surface area (Å²) in [7, 11) is 0. The van der Waals surface area contributed by atoms with Crippen molar-refractivity contribution in [3.8, 4) is 6.07 Å². The Morgan fingerprint density at radius 1 is 1.11 bits per heavy atom. The highest BCUT2D eigenvalue weighted by Crippen LogP contribution is 2.54. The minimum atomic E-state index is -2.67. The first-order valence-electron chi connectivity index (χ1n) is 14.4. The normalized spacial score (nSPS) is 23.3. The molecule has 5 atom stereocenters. The van der Waals surface area contributed by atoms with Crippen molar-refractivity contribution in [1.29, 1.82) is 5.26 Å². The highest BCUT2D eigenvalue weighted by Gasteiger charge is 2.54. The van der Waals surface area contributed by atoms with E-state index < -0.39 is 34.7 Å². The number of carbonyl (C=O) groups is 2. The lowest BCUT2D eigenvalue weighted by Crippen LogP contribution is -2.59. The van der Waals surface area contributed by atoms with Gasteiger partial charge < -0.3 is 14.6 Å². The molecule has 1 saturated carbocycles. The highest BCUT2D eigenvalue weighted by molar-refractivity contribution is 7.76. The molecule has 230 valence electrons. The third-order valence-corrected chi connectivity index (χ3v) is 9.93. The number of halogens is 2. The number of hydrogen-bond acceptors (Lipinski definition) is 5. The molecule has 0 radical (unpaired) electrons. The molecule has 3 aromatic rings. The van der Waals surface area contributed by atoms with Crippen molar-refractivity contribution in [2.75, 3.05) is 6.54 Å². The fourth-order valence-corrected chi connectivity index (χ4v) is 7.38. The molecule has 2 fully saturated rings. The summed E-state index contributed by atoms with van der Waals surface area (Å²) in [5.41, 5.74) is 1.33. The smallest absolute Gasteiger partial charge is 0.304 e. The number of likely N-dealkylation sites (tertiary alicyclic amines) is 1. The fourth-order valence-electron chi connectivity index (χ4n) is 6.53. The molecule has 1 aliphatic heterocycles. The molecular formula is C33H32Cl2N3O5S-. The van der Waals surface area contributed by atoms with Crippen LogP contribution in [0.2, 0.25) is 10.0 Å². The summed E-state index contributed by atoms with van der Waals surface area (Å²) in [5, 5.41) is 20.6. The Hall–Kier alpha value is -3.26. The minimum absolute atomic E-state index is 0.0121. The van der Waals surface area contributed by atoms with E-state index >= 15 is 0 Å². The average Bonchev–Trinajstić information content (AvgIpc) is 3.82. The lowest BCUT2D eigenvalue weighted by Gasteiger charge is -2.52. The third kappa shape index (κ3) is 7.01. The van der Waals surface area contributed by atoms with Crippen molar-refractivity contribution in [3.05, 3.63) is 105 Å². The van der Waals surface area contributed by atoms with E-state index in [0.717, 1.165) is 24.0 Å². The molecule has 5 unspecified atom stereocenters. The number of rotatable bonds is 11. The number of carbonyl (C=O) groups excluding carboxylic acids is 1. The van der Waals surface area contributed by atoms with Gasteiger partial charge in [-0.2, -0.15) is 5.26 Å². The molecule has 8 nitrogen and oxygen atoms in total. The SMILES string of the molecule is CC1(CC(=O)O)CC(c2cccc(Cl)c2)C(c2ccc(Cl)cc2)N(C(CN(Cc2ccccc2C#N)S(=O)[O-])C2CC2)C1=O. The molecule has 11 heteroatoms. The molecule has 44 heavy (non-hydrogen) atoms. The first kappa shape index (κ1) is 32.1. The van der Waals surface area contributed by atoms with Crippen molar-refractivity contribution in [2.24, 2.45) is 11.3 Å². The number of carboxylic acids is 1. The van der Waals surface area contributed by atoms with E-state index in [4.69, 9.17) is 23.2 Å². The molecule has 1 heterocycles. The van der Waals surface area contributed by atoms with Crippen LogP contribution in [-0.2, 0) is 27.4 Å². The summed E-state index contributed by atoms with van der Waals surface area (Å²) in [6.45, 7) is 1.63. The van der Waals surface area contributed by atoms with Gasteiger partial charge in [-0.05, 0) is 72.2 Å². The topological polar surface area (TPSA) is 125 Å². The number of nitriles is 1. The van der Waals surface area contributed by atoms with Gasteiger partial charge in [-0.1, -0.05) is 72.6 Å². The number of benzene rings is 3. The Morgan fingerprint density at radius 2 is 1.82 bits per heavy atom. The minimum Gasteiger partial charge on any atom is -0.760 e. The molecule has 2 aliphatic rings. The van der Waals surface area contributed by atoms with Crippen LogP contribution in [0, 0.1) is 22.7 Å². The average molecular weight is 654 g/mol. The summed E-state index contributed by atoms with van der Waals surface area (Å²) in [6.07, 6.45) is 1.48. The summed E-state index contributed by atoms with van der Waals surface area (Å²) in [4.78, 5) is 28.6. The monoisotopic (exact) mass is 652 g/mol. The van der Waals surface area contributed by atoms with Gasteiger partial charge in [-0.25, -0.2) is 4.31 Å². The Labute approximate surface area is 269 Å². The fraction of sp³-hybridized carbons (Fsp3) is 0.364. The van der Waals surface area contributed by atoms with E-state index in [-0.39, 0.29) is 43.7 Å². The van der Waals surface area contributed by atoms with Crippen molar-refractivity contribution in [1.82, 2.24) is 9.21 Å². The second kappa shape index (κ2) is 13.4. The summed E-state index contributed by atoms with van der Waals surface area (Å²) >= 11 is 10.0. The molecule has 1 amide bonds. The quantitative estimate of drug-likeness (QED) is 0.236. The van der Waals surface area contributed by atoms with Crippen LogP contribution in [0.4, 0.5) is 0 Å². The predicted molar refractivity (Wildman–Crippen MR) is 167 cm³/mol. The van der Waals surface area contributed by atoms with Crippen molar-refractivity contribution >= 4 is 46.3 Å². The molecule has 1 N–H and O–H groups in total. The number of carboxylic acid groups (broad SMARTS) is 1. The zero-order valence-corrected chi connectivity index (χ0v) is 26.4. The lowest BCUT2D eigenvalue weighted by molar-refractivity contribution is -0.161. The highest BCUT2D eigenvalue weighted by atomic mass is 35.5. The van der Waals surface area contributed by atoms with E-state index in [1.54, 1.807) is 54.3 Å². The van der Waals surface area contributed by atoms with Gasteiger partial charge in [0.1, 0.15) is 0 Å². The predicted octanol–water partition coefficient (Wildman–Crippen LogP) is 6.48. The Kier molecular flexibility index (Phi) is 9.78. The molecule has 5 rings (SSSR count). The van der Waals surface area contributed by atoms with Crippen LogP contribution in [0.25, 0.3) is 0 Å². The maximum Gasteiger partial charge on any atom is 0.304 e. The van der Waals surface area contributed by atoms with Crippen LogP contribution < -0.4 is 0 Å². The van der Waals surface area contributed by atoms with Gasteiger partial charge in [0.25, 0.3) is 0 Å². The Bertz CT molecular complexity index is 1610. The first-order chi connectivity index (χ1) is 21.0. The zero-order valence-electron chi connectivity index (χ0n) is 24.1. The number of aliphatic carboxylic acids is 1. The number of hydrogen-bond donors (Lipinski definition) is 1. The van der Waals surface area contributed by atoms with Gasteiger partial charge in [0.05, 0.1) is 29.5 Å². The Morgan fingerprint density at radius 3 is 2.43 bits per heavy atom. The van der Waals surface area contributed by atoms with Gasteiger partial charge in [0.15, 0.2) is 0 Å². The summed E-state index contributed by atoms with van der Waals surface area (Å²) < 4.78 is 26.6. The first-order valence-corrected chi connectivity index (χ1v) is 16.2. The second-order valence-corrected chi connectivity index (χ2v) is 13.7. The van der Waals surface area contributed by atoms with Gasteiger partial charge >= 0.3 is 5.97 Å². The number of amides is 1. The maximum atomic E-state index is 14.7.